The first-order chi connectivity index (χ1) is 12.6. The number of thiophene rings is 1. The number of carbonyl (C=O) groups excluding carboxylic acids is 2. The number of piperidine rings is 1. The van der Waals surface area contributed by atoms with E-state index >= 15 is 0 Å². The van der Waals surface area contributed by atoms with Crippen LogP contribution < -0.4 is 4.90 Å². The molecular weight excluding hydrogens is 391 g/mol. The van der Waals surface area contributed by atoms with Crippen molar-refractivity contribution < 1.29 is 9.59 Å². The van der Waals surface area contributed by atoms with E-state index < -0.39 is 0 Å². The molecule has 26 heavy (non-hydrogen) atoms. The molecule has 3 heterocycles. The van der Waals surface area contributed by atoms with Gasteiger partial charge in [0.15, 0.2) is 0 Å². The second kappa shape index (κ2) is 7.06. The molecule has 1 saturated heterocycles. The lowest BCUT2D eigenvalue weighted by molar-refractivity contribution is -0.120. The van der Waals surface area contributed by atoms with Crippen molar-refractivity contribution in [2.75, 3.05) is 18.0 Å². The quantitative estimate of drug-likeness (QED) is 0.685. The van der Waals surface area contributed by atoms with Crippen LogP contribution in [0.4, 0.5) is 5.69 Å². The van der Waals surface area contributed by atoms with Crippen molar-refractivity contribution >= 4 is 57.6 Å². The van der Waals surface area contributed by atoms with Gasteiger partial charge in [-0.3, -0.25) is 9.59 Å². The molecule has 1 aromatic heterocycles. The van der Waals surface area contributed by atoms with E-state index in [9.17, 15) is 9.59 Å². The summed E-state index contributed by atoms with van der Waals surface area (Å²) >= 11 is 13.6. The monoisotopic (exact) mass is 406 g/mol. The molecule has 4 rings (SSSR count). The van der Waals surface area contributed by atoms with Gasteiger partial charge in [-0.15, -0.1) is 11.3 Å². The fourth-order valence-corrected chi connectivity index (χ4v) is 4.49. The maximum atomic E-state index is 13.3. The van der Waals surface area contributed by atoms with Crippen LogP contribution in [-0.4, -0.2) is 29.8 Å². The number of nitrogens with zero attached hydrogens (tertiary/aromatic N) is 2. The summed E-state index contributed by atoms with van der Waals surface area (Å²) < 4.78 is 0. The maximum absolute atomic E-state index is 13.3. The molecule has 134 valence electrons. The summed E-state index contributed by atoms with van der Waals surface area (Å²) in [5.74, 6) is -0.602. The van der Waals surface area contributed by atoms with E-state index in [4.69, 9.17) is 23.2 Å². The van der Waals surface area contributed by atoms with Gasteiger partial charge in [0.25, 0.3) is 11.8 Å². The Morgan fingerprint density at radius 1 is 0.923 bits per heavy atom. The summed E-state index contributed by atoms with van der Waals surface area (Å²) in [5, 5.41) is 2.61. The van der Waals surface area contributed by atoms with Gasteiger partial charge in [0, 0.05) is 18.0 Å². The highest BCUT2D eigenvalue weighted by atomic mass is 35.5. The molecule has 0 spiro atoms. The summed E-state index contributed by atoms with van der Waals surface area (Å²) in [4.78, 5) is 30.5. The van der Waals surface area contributed by atoms with Gasteiger partial charge in [-0.05, 0) is 48.9 Å². The topological polar surface area (TPSA) is 40.6 Å². The van der Waals surface area contributed by atoms with Crippen molar-refractivity contribution in [1.29, 1.82) is 0 Å². The number of halogens is 2. The summed E-state index contributed by atoms with van der Waals surface area (Å²) in [7, 11) is 0. The van der Waals surface area contributed by atoms with Gasteiger partial charge < -0.3 is 4.90 Å². The van der Waals surface area contributed by atoms with Crippen LogP contribution in [0, 0.1) is 0 Å². The van der Waals surface area contributed by atoms with Crippen LogP contribution in [0.5, 0.6) is 0 Å². The first-order valence-electron chi connectivity index (χ1n) is 8.45. The maximum Gasteiger partial charge on any atom is 0.282 e. The highest BCUT2D eigenvalue weighted by molar-refractivity contribution is 7.11. The van der Waals surface area contributed by atoms with Crippen LogP contribution in [-0.2, 0) is 9.59 Å². The molecule has 0 unspecified atom stereocenters. The third kappa shape index (κ3) is 2.94. The van der Waals surface area contributed by atoms with Crippen molar-refractivity contribution in [3.05, 3.63) is 56.3 Å². The van der Waals surface area contributed by atoms with E-state index in [0.29, 0.717) is 27.0 Å². The molecule has 1 aromatic carbocycles. The van der Waals surface area contributed by atoms with Crippen LogP contribution in [0.3, 0.4) is 0 Å². The Morgan fingerprint density at radius 3 is 2.35 bits per heavy atom. The van der Waals surface area contributed by atoms with E-state index in [-0.39, 0.29) is 11.8 Å². The van der Waals surface area contributed by atoms with E-state index in [0.717, 1.165) is 37.2 Å². The first-order valence-corrected chi connectivity index (χ1v) is 10.1. The predicted molar refractivity (Wildman–Crippen MR) is 106 cm³/mol. The molecule has 2 aromatic rings. The number of anilines is 1. The van der Waals surface area contributed by atoms with Crippen molar-refractivity contribution in [2.45, 2.75) is 19.3 Å². The van der Waals surface area contributed by atoms with Crippen molar-refractivity contribution in [2.24, 2.45) is 0 Å². The van der Waals surface area contributed by atoms with Gasteiger partial charge in [0.1, 0.15) is 5.70 Å². The molecular formula is C19H16Cl2N2O2S. The van der Waals surface area contributed by atoms with Crippen LogP contribution in [0.15, 0.2) is 41.4 Å². The van der Waals surface area contributed by atoms with Gasteiger partial charge in [-0.25, -0.2) is 4.90 Å². The molecule has 0 bridgehead atoms. The zero-order valence-electron chi connectivity index (χ0n) is 13.9. The Balaban J connectivity index is 1.81. The summed E-state index contributed by atoms with van der Waals surface area (Å²) in [6.07, 6.45) is 3.20. The second-order valence-electron chi connectivity index (χ2n) is 6.29. The minimum atomic E-state index is -0.309. The number of hydrogen-bond acceptors (Lipinski definition) is 4. The Morgan fingerprint density at radius 2 is 1.69 bits per heavy atom. The lowest BCUT2D eigenvalue weighted by Gasteiger charge is -2.29. The fraction of sp³-hybridized carbons (Fsp3) is 0.263. The molecule has 1 fully saturated rings. The molecule has 4 nitrogen and oxygen atoms in total. The van der Waals surface area contributed by atoms with Gasteiger partial charge in [-0.2, -0.15) is 0 Å². The Hall–Kier alpha value is -1.82. The van der Waals surface area contributed by atoms with Crippen LogP contribution in [0.2, 0.25) is 10.0 Å². The van der Waals surface area contributed by atoms with Gasteiger partial charge in [0.05, 0.1) is 21.3 Å². The Kier molecular flexibility index (Phi) is 4.78. The lowest BCUT2D eigenvalue weighted by Crippen LogP contribution is -2.37. The highest BCUT2D eigenvalue weighted by Crippen LogP contribution is 2.38. The number of hydrogen-bond donors (Lipinski definition) is 0. The molecule has 2 amide bonds. The minimum absolute atomic E-state index is 0.293. The van der Waals surface area contributed by atoms with E-state index in [2.05, 4.69) is 4.90 Å². The third-order valence-corrected chi connectivity index (χ3v) is 6.29. The second-order valence-corrected chi connectivity index (χ2v) is 8.05. The number of benzene rings is 1. The zero-order valence-corrected chi connectivity index (χ0v) is 16.2. The fourth-order valence-electron chi connectivity index (χ4n) is 3.43. The van der Waals surface area contributed by atoms with Crippen molar-refractivity contribution in [3.8, 4) is 0 Å². The lowest BCUT2D eigenvalue weighted by atomic mass is 10.1. The summed E-state index contributed by atoms with van der Waals surface area (Å²) in [6, 6.07) is 8.58. The highest BCUT2D eigenvalue weighted by Gasteiger charge is 2.43. The van der Waals surface area contributed by atoms with Crippen LogP contribution in [0.1, 0.15) is 24.1 Å². The number of amides is 2. The summed E-state index contributed by atoms with van der Waals surface area (Å²) in [5.41, 5.74) is 1.43. The molecule has 0 N–H and O–H groups in total. The molecule has 0 radical (unpaired) electrons. The molecule has 2 aliphatic heterocycles. The smallest absolute Gasteiger partial charge is 0.282 e. The number of imide groups is 1. The molecule has 0 atom stereocenters. The number of carbonyl (C=O) groups is 2. The number of rotatable bonds is 3. The molecule has 0 aliphatic carbocycles. The largest absolute Gasteiger partial charge is 0.366 e. The Labute approximate surface area is 165 Å². The van der Waals surface area contributed by atoms with E-state index in [1.165, 1.54) is 16.2 Å². The first kappa shape index (κ1) is 17.6. The average Bonchev–Trinajstić information content (AvgIpc) is 3.25. The molecule has 7 heteroatoms. The number of likely N-dealkylation sites (tertiary alicyclic amines) is 1. The Bertz CT molecular complexity index is 902. The van der Waals surface area contributed by atoms with Crippen LogP contribution >= 0.6 is 34.5 Å². The van der Waals surface area contributed by atoms with Crippen molar-refractivity contribution in [3.63, 3.8) is 0 Å². The summed E-state index contributed by atoms with van der Waals surface area (Å²) in [6.45, 7) is 1.58. The van der Waals surface area contributed by atoms with Gasteiger partial charge in [-0.1, -0.05) is 29.3 Å². The minimum Gasteiger partial charge on any atom is -0.366 e. The normalized spacial score (nSPS) is 18.2. The zero-order chi connectivity index (χ0) is 18.3. The van der Waals surface area contributed by atoms with Crippen molar-refractivity contribution in [1.82, 2.24) is 4.90 Å². The average molecular weight is 407 g/mol. The van der Waals surface area contributed by atoms with Gasteiger partial charge in [0.2, 0.25) is 0 Å². The SMILES string of the molecule is O=C1C(c2cccs2)=C(N2CCCCC2)C(=O)N1c1ccc(Cl)c(Cl)c1. The van der Waals surface area contributed by atoms with Gasteiger partial charge >= 0.3 is 0 Å². The third-order valence-electron chi connectivity index (χ3n) is 4.66. The standard InChI is InChI=1S/C19H16Cl2N2O2S/c20-13-7-6-12(11-14(13)21)23-18(24)16(15-5-4-10-26-15)17(19(23)25)22-8-2-1-3-9-22/h4-7,10-11H,1-3,8-9H2. The van der Waals surface area contributed by atoms with E-state index in [1.807, 2.05) is 17.5 Å². The molecule has 0 saturated carbocycles. The van der Waals surface area contributed by atoms with E-state index in [1.54, 1.807) is 18.2 Å². The molecule has 2 aliphatic rings. The van der Waals surface area contributed by atoms with Crippen LogP contribution in [0.25, 0.3) is 5.57 Å². The predicted octanol–water partition coefficient (Wildman–Crippen LogP) is 4.83.